The highest BCUT2D eigenvalue weighted by molar-refractivity contribution is 5.56. The minimum Gasteiger partial charge on any atom is -0.504 e. The Hall–Kier alpha value is -2.75. The first-order chi connectivity index (χ1) is 10.7. The molecule has 114 valence electrons. The summed E-state index contributed by atoms with van der Waals surface area (Å²) in [6.45, 7) is 0. The molecule has 0 radical (unpaired) electrons. The number of hydrogen-bond donors (Lipinski definition) is 1. The lowest BCUT2D eigenvalue weighted by atomic mass is 10.1. The molecule has 0 heterocycles. The summed E-state index contributed by atoms with van der Waals surface area (Å²) in [5, 5.41) is 9.80. The van der Waals surface area contributed by atoms with Crippen LogP contribution in [-0.2, 0) is 6.42 Å². The molecule has 2 aromatic carbocycles. The molecule has 0 spiro atoms. The van der Waals surface area contributed by atoms with Crippen LogP contribution in [0.25, 0.3) is 6.08 Å². The Labute approximate surface area is 129 Å². The molecule has 0 aliphatic heterocycles. The van der Waals surface area contributed by atoms with Crippen LogP contribution in [0.15, 0.2) is 53.3 Å². The molecule has 1 N–H and O–H groups in total. The summed E-state index contributed by atoms with van der Waals surface area (Å²) in [5.74, 6) is 1.11. The average molecular weight is 298 g/mol. The van der Waals surface area contributed by atoms with Gasteiger partial charge in [0.1, 0.15) is 0 Å². The molecule has 0 aromatic heterocycles. The molecule has 4 nitrogen and oxygen atoms in total. The van der Waals surface area contributed by atoms with Crippen LogP contribution in [0, 0.1) is 0 Å². The molecule has 0 atom stereocenters. The molecule has 0 saturated carbocycles. The second kappa shape index (κ2) is 7.31. The second-order valence-electron chi connectivity index (χ2n) is 4.68. The Morgan fingerprint density at radius 1 is 1.05 bits per heavy atom. The molecule has 2 aromatic rings. The minimum atomic E-state index is -0.393. The van der Waals surface area contributed by atoms with Crippen molar-refractivity contribution < 1.29 is 14.6 Å². The number of ether oxygens (including phenoxy) is 2. The number of rotatable bonds is 5. The van der Waals surface area contributed by atoms with Crippen molar-refractivity contribution in [3.05, 3.63) is 69.9 Å². The molecule has 0 bridgehead atoms. The molecular formula is C18H18O4. The van der Waals surface area contributed by atoms with Crippen LogP contribution in [0.2, 0.25) is 0 Å². The minimum absolute atomic E-state index is 0.242. The lowest BCUT2D eigenvalue weighted by molar-refractivity contribution is 0.354. The van der Waals surface area contributed by atoms with Crippen LogP contribution in [0.5, 0.6) is 17.2 Å². The van der Waals surface area contributed by atoms with Gasteiger partial charge in [0, 0.05) is 5.56 Å². The third kappa shape index (κ3) is 3.67. The zero-order valence-corrected chi connectivity index (χ0v) is 12.6. The van der Waals surface area contributed by atoms with E-state index in [1.807, 2.05) is 24.3 Å². The van der Waals surface area contributed by atoms with E-state index in [2.05, 4.69) is 0 Å². The molecule has 2 rings (SSSR count). The van der Waals surface area contributed by atoms with Gasteiger partial charge in [0.2, 0.25) is 5.43 Å². The maximum atomic E-state index is 11.5. The number of aromatic hydroxyl groups is 1. The highest BCUT2D eigenvalue weighted by atomic mass is 16.5. The topological polar surface area (TPSA) is 55.8 Å². The van der Waals surface area contributed by atoms with Crippen LogP contribution in [-0.4, -0.2) is 19.3 Å². The van der Waals surface area contributed by atoms with Crippen LogP contribution in [0.4, 0.5) is 0 Å². The third-order valence-electron chi connectivity index (χ3n) is 3.24. The van der Waals surface area contributed by atoms with Gasteiger partial charge in [-0.1, -0.05) is 36.4 Å². The molecule has 0 aliphatic carbocycles. The quantitative estimate of drug-likeness (QED) is 0.922. The van der Waals surface area contributed by atoms with Gasteiger partial charge in [0.15, 0.2) is 17.2 Å². The van der Waals surface area contributed by atoms with Crippen LogP contribution in [0.3, 0.4) is 0 Å². The fourth-order valence-corrected chi connectivity index (χ4v) is 2.07. The lowest BCUT2D eigenvalue weighted by Crippen LogP contribution is -1.94. The molecule has 0 unspecified atom stereocenters. The van der Waals surface area contributed by atoms with Crippen molar-refractivity contribution in [2.45, 2.75) is 6.42 Å². The summed E-state index contributed by atoms with van der Waals surface area (Å²) >= 11 is 0. The Kier molecular flexibility index (Phi) is 5.20. The Balaban J connectivity index is 2.19. The zero-order valence-electron chi connectivity index (χ0n) is 12.6. The van der Waals surface area contributed by atoms with E-state index in [-0.39, 0.29) is 5.75 Å². The smallest absolute Gasteiger partial charge is 0.220 e. The number of benzene rings is 1. The van der Waals surface area contributed by atoms with Crippen molar-refractivity contribution in [2.75, 3.05) is 14.2 Å². The van der Waals surface area contributed by atoms with Gasteiger partial charge in [-0.05, 0) is 30.2 Å². The van der Waals surface area contributed by atoms with Crippen molar-refractivity contribution in [3.63, 3.8) is 0 Å². The molecule has 0 aliphatic rings. The van der Waals surface area contributed by atoms with Crippen LogP contribution < -0.4 is 14.9 Å². The summed E-state index contributed by atoms with van der Waals surface area (Å²) in [6, 6.07) is 12.0. The normalized spacial score (nSPS) is 10.6. The van der Waals surface area contributed by atoms with Crippen molar-refractivity contribution in [2.24, 2.45) is 0 Å². The average Bonchev–Trinajstić information content (AvgIpc) is 2.70. The molecule has 0 fully saturated rings. The fraction of sp³-hybridized carbons (Fsp3) is 0.167. The van der Waals surface area contributed by atoms with E-state index in [1.165, 1.54) is 6.07 Å². The Morgan fingerprint density at radius 3 is 2.50 bits per heavy atom. The Bertz CT molecular complexity index is 735. The van der Waals surface area contributed by atoms with E-state index in [1.54, 1.807) is 38.5 Å². The van der Waals surface area contributed by atoms with Gasteiger partial charge in [0.25, 0.3) is 0 Å². The van der Waals surface area contributed by atoms with Crippen molar-refractivity contribution >= 4 is 6.08 Å². The summed E-state index contributed by atoms with van der Waals surface area (Å²) in [7, 11) is 3.19. The predicted octanol–water partition coefficient (Wildman–Crippen LogP) is 3.03. The van der Waals surface area contributed by atoms with E-state index in [4.69, 9.17) is 9.47 Å². The van der Waals surface area contributed by atoms with Crippen molar-refractivity contribution in [1.29, 1.82) is 0 Å². The largest absolute Gasteiger partial charge is 0.504 e. The number of allylic oxidation sites excluding steroid dienone is 1. The van der Waals surface area contributed by atoms with E-state index < -0.39 is 5.43 Å². The number of hydrogen-bond acceptors (Lipinski definition) is 4. The summed E-state index contributed by atoms with van der Waals surface area (Å²) < 4.78 is 10.5. The van der Waals surface area contributed by atoms with Gasteiger partial charge in [-0.3, -0.25) is 4.79 Å². The zero-order chi connectivity index (χ0) is 15.9. The molecule has 4 heteroatoms. The molecule has 0 saturated heterocycles. The maximum Gasteiger partial charge on any atom is 0.220 e. The highest BCUT2D eigenvalue weighted by Gasteiger charge is 2.03. The molecule has 0 amide bonds. The highest BCUT2D eigenvalue weighted by Crippen LogP contribution is 2.27. The van der Waals surface area contributed by atoms with Gasteiger partial charge in [-0.25, -0.2) is 0 Å². The molecule has 22 heavy (non-hydrogen) atoms. The lowest BCUT2D eigenvalue weighted by Gasteiger charge is -2.08. The van der Waals surface area contributed by atoms with Gasteiger partial charge in [-0.2, -0.15) is 0 Å². The number of methoxy groups -OCH3 is 2. The van der Waals surface area contributed by atoms with Crippen LogP contribution in [0.1, 0.15) is 11.1 Å². The van der Waals surface area contributed by atoms with E-state index in [0.717, 1.165) is 5.56 Å². The monoisotopic (exact) mass is 298 g/mol. The van der Waals surface area contributed by atoms with E-state index >= 15 is 0 Å². The fourth-order valence-electron chi connectivity index (χ4n) is 2.07. The first kappa shape index (κ1) is 15.6. The SMILES string of the molecule is COc1ccc(C/C=C/c2ccccc(=O)c2O)cc1OC. The summed E-state index contributed by atoms with van der Waals surface area (Å²) in [6.07, 6.45) is 4.26. The first-order valence-electron chi connectivity index (χ1n) is 6.85. The van der Waals surface area contributed by atoms with Gasteiger partial charge >= 0.3 is 0 Å². The van der Waals surface area contributed by atoms with Gasteiger partial charge in [-0.15, -0.1) is 0 Å². The van der Waals surface area contributed by atoms with Crippen molar-refractivity contribution in [1.82, 2.24) is 0 Å². The predicted molar refractivity (Wildman–Crippen MR) is 86.7 cm³/mol. The van der Waals surface area contributed by atoms with Crippen LogP contribution >= 0.6 is 0 Å². The summed E-state index contributed by atoms with van der Waals surface area (Å²) in [5.41, 5.74) is 1.14. The third-order valence-corrected chi connectivity index (χ3v) is 3.24. The molecular weight excluding hydrogens is 280 g/mol. The Morgan fingerprint density at radius 2 is 1.77 bits per heavy atom. The van der Waals surface area contributed by atoms with Crippen molar-refractivity contribution in [3.8, 4) is 17.2 Å². The second-order valence-corrected chi connectivity index (χ2v) is 4.68. The standard InChI is InChI=1S/C18H18O4/c1-21-16-11-10-13(12-17(16)22-2)6-5-8-14-7-3-4-9-15(19)18(14)20/h3-5,7-12H,6H2,1-2H3,(H,19,20)/b8-5+. The summed E-state index contributed by atoms with van der Waals surface area (Å²) in [4.78, 5) is 11.5. The van der Waals surface area contributed by atoms with E-state index in [9.17, 15) is 9.90 Å². The maximum absolute atomic E-state index is 11.5. The van der Waals surface area contributed by atoms with Gasteiger partial charge in [0.05, 0.1) is 14.2 Å². The van der Waals surface area contributed by atoms with E-state index in [0.29, 0.717) is 23.5 Å². The van der Waals surface area contributed by atoms with Gasteiger partial charge < -0.3 is 14.6 Å². The first-order valence-corrected chi connectivity index (χ1v) is 6.85.